The van der Waals surface area contributed by atoms with Crippen molar-refractivity contribution < 1.29 is 9.84 Å². The second-order valence-electron chi connectivity index (χ2n) is 4.94. The fraction of sp³-hybridized carbons (Fsp3) is 0.467. The average molecular weight is 282 g/mol. The molecule has 0 amide bonds. The first kappa shape index (κ1) is 14.4. The highest BCUT2D eigenvalue weighted by Gasteiger charge is 2.21. The Morgan fingerprint density at radius 1 is 1.47 bits per heavy atom. The van der Waals surface area contributed by atoms with Gasteiger partial charge in [0.2, 0.25) is 0 Å². The van der Waals surface area contributed by atoms with Crippen LogP contribution in [0, 0.1) is 5.92 Å². The van der Waals surface area contributed by atoms with Crippen molar-refractivity contribution in [3.05, 3.63) is 40.9 Å². The first-order valence-electron chi connectivity index (χ1n) is 6.52. The molecule has 0 bridgehead atoms. The summed E-state index contributed by atoms with van der Waals surface area (Å²) in [6.07, 6.45) is 5.12. The van der Waals surface area contributed by atoms with Crippen molar-refractivity contribution in [3.63, 3.8) is 0 Å². The van der Waals surface area contributed by atoms with E-state index >= 15 is 0 Å². The molecule has 2 N–H and O–H groups in total. The zero-order valence-corrected chi connectivity index (χ0v) is 12.0. The molecule has 0 radical (unpaired) electrons. The lowest BCUT2D eigenvalue weighted by molar-refractivity contribution is 0.245. The van der Waals surface area contributed by atoms with Crippen LogP contribution in [0.1, 0.15) is 24.9 Å². The molecule has 1 aromatic rings. The van der Waals surface area contributed by atoms with Gasteiger partial charge < -0.3 is 15.2 Å². The maximum Gasteiger partial charge on any atom is 0.123 e. The summed E-state index contributed by atoms with van der Waals surface area (Å²) in [4.78, 5) is 0. The Hall–Kier alpha value is -1.03. The quantitative estimate of drug-likeness (QED) is 0.816. The summed E-state index contributed by atoms with van der Waals surface area (Å²) in [6.45, 7) is 2.30. The number of ether oxygens (including phenoxy) is 1. The molecular formula is C15H20ClNO2. The molecular weight excluding hydrogens is 262 g/mol. The molecule has 2 rings (SSSR count). The van der Waals surface area contributed by atoms with Crippen molar-refractivity contribution in [3.8, 4) is 5.75 Å². The van der Waals surface area contributed by atoms with E-state index in [1.165, 1.54) is 0 Å². The van der Waals surface area contributed by atoms with Crippen LogP contribution in [0.2, 0.25) is 5.02 Å². The van der Waals surface area contributed by atoms with Crippen LogP contribution in [-0.4, -0.2) is 24.9 Å². The van der Waals surface area contributed by atoms with Crippen LogP contribution < -0.4 is 10.1 Å². The Balaban J connectivity index is 2.06. The van der Waals surface area contributed by atoms with Crippen molar-refractivity contribution in [2.24, 2.45) is 5.92 Å². The van der Waals surface area contributed by atoms with Crippen molar-refractivity contribution in [2.45, 2.75) is 25.4 Å². The van der Waals surface area contributed by atoms with E-state index in [2.05, 4.69) is 24.4 Å². The zero-order valence-electron chi connectivity index (χ0n) is 11.3. The van der Waals surface area contributed by atoms with E-state index < -0.39 is 0 Å². The van der Waals surface area contributed by atoms with Crippen LogP contribution >= 0.6 is 11.6 Å². The van der Waals surface area contributed by atoms with Gasteiger partial charge in [0.1, 0.15) is 5.75 Å². The highest BCUT2D eigenvalue weighted by Crippen LogP contribution is 2.29. The molecule has 0 spiro atoms. The Bertz CT molecular complexity index is 461. The summed E-state index contributed by atoms with van der Waals surface area (Å²) in [5.41, 5.74) is 1.05. The number of halogens is 1. The average Bonchev–Trinajstić information content (AvgIpc) is 2.86. The number of nitrogens with one attached hydrogen (secondary N) is 1. The van der Waals surface area contributed by atoms with E-state index in [0.717, 1.165) is 17.7 Å². The third kappa shape index (κ3) is 3.50. The van der Waals surface area contributed by atoms with E-state index in [4.69, 9.17) is 21.4 Å². The predicted octanol–water partition coefficient (Wildman–Crippen LogP) is 2.94. The van der Waals surface area contributed by atoms with Crippen LogP contribution in [0.25, 0.3) is 0 Å². The minimum Gasteiger partial charge on any atom is -0.496 e. The molecule has 1 aromatic carbocycles. The Morgan fingerprint density at radius 2 is 2.26 bits per heavy atom. The molecule has 0 unspecified atom stereocenters. The lowest BCUT2D eigenvalue weighted by Gasteiger charge is -2.21. The van der Waals surface area contributed by atoms with Gasteiger partial charge in [-0.1, -0.05) is 23.8 Å². The number of hydrogen-bond acceptors (Lipinski definition) is 3. The largest absolute Gasteiger partial charge is 0.496 e. The summed E-state index contributed by atoms with van der Waals surface area (Å²) in [5, 5.41) is 13.4. The smallest absolute Gasteiger partial charge is 0.123 e. The van der Waals surface area contributed by atoms with Gasteiger partial charge in [-0.2, -0.15) is 0 Å². The predicted molar refractivity (Wildman–Crippen MR) is 77.7 cm³/mol. The monoisotopic (exact) mass is 281 g/mol. The first-order chi connectivity index (χ1) is 9.13. The van der Waals surface area contributed by atoms with Crippen molar-refractivity contribution in [1.29, 1.82) is 0 Å². The molecule has 3 atom stereocenters. The topological polar surface area (TPSA) is 41.5 Å². The summed E-state index contributed by atoms with van der Waals surface area (Å²) in [6, 6.07) is 6.07. The number of aliphatic hydroxyl groups is 1. The van der Waals surface area contributed by atoms with Crippen molar-refractivity contribution >= 4 is 11.6 Å². The number of benzene rings is 1. The lowest BCUT2D eigenvalue weighted by atomic mass is 10.0. The molecule has 0 saturated heterocycles. The fourth-order valence-electron chi connectivity index (χ4n) is 2.49. The van der Waals surface area contributed by atoms with Gasteiger partial charge in [-0.05, 0) is 31.5 Å². The molecule has 1 aliphatic carbocycles. The molecule has 0 aliphatic heterocycles. The van der Waals surface area contributed by atoms with Gasteiger partial charge in [-0.15, -0.1) is 0 Å². The molecule has 0 heterocycles. The van der Waals surface area contributed by atoms with Crippen LogP contribution in [-0.2, 0) is 0 Å². The molecule has 104 valence electrons. The van der Waals surface area contributed by atoms with E-state index in [1.54, 1.807) is 7.11 Å². The van der Waals surface area contributed by atoms with Gasteiger partial charge in [0.25, 0.3) is 0 Å². The van der Waals surface area contributed by atoms with Crippen molar-refractivity contribution in [2.75, 3.05) is 13.7 Å². The third-order valence-corrected chi connectivity index (χ3v) is 3.76. The van der Waals surface area contributed by atoms with Gasteiger partial charge in [0, 0.05) is 35.2 Å². The second-order valence-corrected chi connectivity index (χ2v) is 5.38. The summed E-state index contributed by atoms with van der Waals surface area (Å²) in [5.74, 6) is 1.11. The summed E-state index contributed by atoms with van der Waals surface area (Å²) >= 11 is 6.05. The number of rotatable bonds is 5. The molecule has 4 heteroatoms. The molecule has 0 saturated carbocycles. The molecule has 3 nitrogen and oxygen atoms in total. The normalized spacial score (nSPS) is 23.6. The fourth-order valence-corrected chi connectivity index (χ4v) is 2.67. The minimum atomic E-state index is 0.140. The van der Waals surface area contributed by atoms with Crippen LogP contribution in [0.3, 0.4) is 0 Å². The van der Waals surface area contributed by atoms with Crippen LogP contribution in [0.15, 0.2) is 30.4 Å². The third-order valence-electron chi connectivity index (χ3n) is 3.53. The minimum absolute atomic E-state index is 0.140. The number of hydrogen-bond donors (Lipinski definition) is 2. The Kier molecular flexibility index (Phi) is 4.86. The SMILES string of the molecule is COc1ccc(Cl)cc1[C@H](C)N[C@@H]1C=C[C@H](CO)C1. The molecule has 0 fully saturated rings. The maximum absolute atomic E-state index is 9.14. The summed E-state index contributed by atoms with van der Waals surface area (Å²) < 4.78 is 5.37. The molecule has 1 aliphatic rings. The Labute approximate surface area is 119 Å². The second kappa shape index (κ2) is 6.42. The van der Waals surface area contributed by atoms with Gasteiger partial charge in [0.05, 0.1) is 7.11 Å². The van der Waals surface area contributed by atoms with Gasteiger partial charge >= 0.3 is 0 Å². The van der Waals surface area contributed by atoms with Gasteiger partial charge in [-0.25, -0.2) is 0 Å². The van der Waals surface area contributed by atoms with E-state index in [-0.39, 0.29) is 24.6 Å². The van der Waals surface area contributed by atoms with Crippen LogP contribution in [0.5, 0.6) is 5.75 Å². The highest BCUT2D eigenvalue weighted by molar-refractivity contribution is 6.30. The maximum atomic E-state index is 9.14. The number of aliphatic hydroxyl groups excluding tert-OH is 1. The van der Waals surface area contributed by atoms with E-state index in [9.17, 15) is 0 Å². The van der Waals surface area contributed by atoms with E-state index in [0.29, 0.717) is 5.02 Å². The Morgan fingerprint density at radius 3 is 2.89 bits per heavy atom. The molecule has 19 heavy (non-hydrogen) atoms. The van der Waals surface area contributed by atoms with Gasteiger partial charge in [-0.3, -0.25) is 0 Å². The highest BCUT2D eigenvalue weighted by atomic mass is 35.5. The van der Waals surface area contributed by atoms with Gasteiger partial charge in [0.15, 0.2) is 0 Å². The zero-order chi connectivity index (χ0) is 13.8. The standard InChI is InChI=1S/C15H20ClNO2/c1-10(17-13-5-3-11(7-13)9-18)14-8-12(16)4-6-15(14)19-2/h3-6,8,10-11,13,17-18H,7,9H2,1-2H3/t10-,11-,13+/m0/s1. The lowest BCUT2D eigenvalue weighted by Crippen LogP contribution is -2.29. The molecule has 0 aromatic heterocycles. The van der Waals surface area contributed by atoms with Crippen LogP contribution in [0.4, 0.5) is 0 Å². The van der Waals surface area contributed by atoms with E-state index in [1.807, 2.05) is 18.2 Å². The first-order valence-corrected chi connectivity index (χ1v) is 6.90. The van der Waals surface area contributed by atoms with Crippen molar-refractivity contribution in [1.82, 2.24) is 5.32 Å². The number of methoxy groups -OCH3 is 1. The summed E-state index contributed by atoms with van der Waals surface area (Å²) in [7, 11) is 1.66.